The molecule has 2 rings (SSSR count). The zero-order valence-corrected chi connectivity index (χ0v) is 29.3. The molecule has 0 aliphatic rings. The van der Waals surface area contributed by atoms with Gasteiger partial charge in [-0.3, -0.25) is 0 Å². The molecule has 0 atom stereocenters. The predicted molar refractivity (Wildman–Crippen MR) is 182 cm³/mol. The van der Waals surface area contributed by atoms with Gasteiger partial charge in [0.05, 0.1) is 28.4 Å². The minimum Gasteiger partial charge on any atom is -0.497 e. The molecule has 0 saturated carbocycles. The van der Waals surface area contributed by atoms with Crippen molar-refractivity contribution in [2.24, 2.45) is 0 Å². The highest BCUT2D eigenvalue weighted by molar-refractivity contribution is 6.83. The molecule has 0 amide bonds. The SMILES string of the molecule is C#CCCCCC(C)(C)c1cc(OC)cc(OC)c1.COc1cc(OC)cc(C(C)(C)CCCCC#C[Si](C)(C)C)c1. The molecule has 0 bridgehead atoms. The smallest absolute Gasteiger partial charge is 0.129 e. The molecule has 42 heavy (non-hydrogen) atoms. The van der Waals surface area contributed by atoms with Crippen LogP contribution in [-0.4, -0.2) is 36.5 Å². The van der Waals surface area contributed by atoms with E-state index in [9.17, 15) is 0 Å². The number of benzene rings is 2. The molecule has 0 unspecified atom stereocenters. The molecule has 0 saturated heterocycles. The number of rotatable bonds is 14. The fourth-order valence-electron chi connectivity index (χ4n) is 4.59. The molecule has 0 radical (unpaired) electrons. The lowest BCUT2D eigenvalue weighted by Gasteiger charge is -2.26. The first-order chi connectivity index (χ1) is 19.7. The maximum Gasteiger partial charge on any atom is 0.129 e. The Kier molecular flexibility index (Phi) is 15.7. The number of ether oxygens (including phenoxy) is 4. The van der Waals surface area contributed by atoms with Gasteiger partial charge in [0.15, 0.2) is 0 Å². The van der Waals surface area contributed by atoms with E-state index in [-0.39, 0.29) is 10.8 Å². The Balaban J connectivity index is 0.000000428. The first-order valence-corrected chi connectivity index (χ1v) is 18.6. The Morgan fingerprint density at radius 2 is 0.952 bits per heavy atom. The summed E-state index contributed by atoms with van der Waals surface area (Å²) in [6, 6.07) is 12.2. The van der Waals surface area contributed by atoms with Crippen LogP contribution in [-0.2, 0) is 10.8 Å². The highest BCUT2D eigenvalue weighted by Gasteiger charge is 2.23. The molecule has 232 valence electrons. The van der Waals surface area contributed by atoms with E-state index in [0.717, 1.165) is 61.5 Å². The number of hydrogen-bond acceptors (Lipinski definition) is 4. The van der Waals surface area contributed by atoms with Crippen LogP contribution < -0.4 is 18.9 Å². The molecule has 0 aliphatic heterocycles. The van der Waals surface area contributed by atoms with E-state index in [4.69, 9.17) is 25.4 Å². The maximum atomic E-state index is 5.39. The number of unbranched alkanes of at least 4 members (excludes halogenated alkanes) is 4. The normalized spacial score (nSPS) is 11.3. The third kappa shape index (κ3) is 13.8. The van der Waals surface area contributed by atoms with Gasteiger partial charge >= 0.3 is 0 Å². The van der Waals surface area contributed by atoms with Gasteiger partial charge in [-0.05, 0) is 71.9 Å². The van der Waals surface area contributed by atoms with Gasteiger partial charge in [-0.2, -0.15) is 0 Å². The van der Waals surface area contributed by atoms with Crippen LogP contribution in [0.4, 0.5) is 0 Å². The zero-order chi connectivity index (χ0) is 31.8. The van der Waals surface area contributed by atoms with Gasteiger partial charge in [-0.25, -0.2) is 0 Å². The molecule has 0 aromatic heterocycles. The second-order valence-electron chi connectivity index (χ2n) is 13.1. The van der Waals surface area contributed by atoms with E-state index >= 15 is 0 Å². The molecule has 0 spiro atoms. The third-order valence-corrected chi connectivity index (χ3v) is 8.38. The molecule has 4 nitrogen and oxygen atoms in total. The monoisotopic (exact) mass is 592 g/mol. The Labute approximate surface area is 258 Å². The van der Waals surface area contributed by atoms with Gasteiger partial charge in [-0.1, -0.05) is 60.2 Å². The van der Waals surface area contributed by atoms with Crippen LogP contribution in [0.3, 0.4) is 0 Å². The predicted octanol–water partition coefficient (Wildman–Crippen LogP) is 9.60. The summed E-state index contributed by atoms with van der Waals surface area (Å²) < 4.78 is 21.4. The van der Waals surface area contributed by atoms with E-state index < -0.39 is 8.07 Å². The van der Waals surface area contributed by atoms with Crippen LogP contribution in [0.25, 0.3) is 0 Å². The molecule has 5 heteroatoms. The first kappa shape index (κ1) is 37.0. The minimum absolute atomic E-state index is 0.0937. The van der Waals surface area contributed by atoms with E-state index in [1.165, 1.54) is 24.0 Å². The van der Waals surface area contributed by atoms with Crippen LogP contribution in [0.15, 0.2) is 36.4 Å². The Hall–Kier alpha value is -3.02. The molecule has 0 aliphatic carbocycles. The van der Waals surface area contributed by atoms with Crippen molar-refractivity contribution >= 4 is 8.07 Å². The minimum atomic E-state index is -1.22. The molecular formula is C37H56O4Si. The zero-order valence-electron chi connectivity index (χ0n) is 28.3. The lowest BCUT2D eigenvalue weighted by atomic mass is 9.80. The van der Waals surface area contributed by atoms with Gasteiger partial charge in [-0.15, -0.1) is 23.8 Å². The summed E-state index contributed by atoms with van der Waals surface area (Å²) in [4.78, 5) is 0. The average molecular weight is 593 g/mol. The Bertz CT molecular complexity index is 1140. The van der Waals surface area contributed by atoms with Gasteiger partial charge in [0, 0.05) is 25.0 Å². The van der Waals surface area contributed by atoms with Gasteiger partial charge in [0.25, 0.3) is 0 Å². The molecule has 0 fully saturated rings. The topological polar surface area (TPSA) is 36.9 Å². The second kappa shape index (κ2) is 17.8. The lowest BCUT2D eigenvalue weighted by Crippen LogP contribution is -2.17. The van der Waals surface area contributed by atoms with E-state index in [0.29, 0.717) is 0 Å². The van der Waals surface area contributed by atoms with Crippen molar-refractivity contribution in [2.75, 3.05) is 28.4 Å². The summed E-state index contributed by atoms with van der Waals surface area (Å²) in [7, 11) is 5.54. The van der Waals surface area contributed by atoms with Crippen LogP contribution in [0.2, 0.25) is 19.6 Å². The first-order valence-electron chi connectivity index (χ1n) is 15.1. The van der Waals surface area contributed by atoms with Crippen molar-refractivity contribution in [3.63, 3.8) is 0 Å². The summed E-state index contributed by atoms with van der Waals surface area (Å²) in [5.41, 5.74) is 6.14. The highest BCUT2D eigenvalue weighted by atomic mass is 28.3. The summed E-state index contributed by atoms with van der Waals surface area (Å²) in [5.74, 6) is 9.44. The Morgan fingerprint density at radius 1 is 0.595 bits per heavy atom. The van der Waals surface area contributed by atoms with Crippen LogP contribution in [0.1, 0.15) is 90.2 Å². The highest BCUT2D eigenvalue weighted by Crippen LogP contribution is 2.35. The van der Waals surface area contributed by atoms with E-state index in [2.05, 4.69) is 89.0 Å². The van der Waals surface area contributed by atoms with E-state index in [1.54, 1.807) is 28.4 Å². The van der Waals surface area contributed by atoms with Gasteiger partial charge in [0.2, 0.25) is 0 Å². The maximum absolute atomic E-state index is 5.39. The van der Waals surface area contributed by atoms with Crippen molar-refractivity contribution in [1.29, 1.82) is 0 Å². The lowest BCUT2D eigenvalue weighted by molar-refractivity contribution is 0.386. The molecule has 2 aromatic rings. The number of hydrogen-bond donors (Lipinski definition) is 0. The second-order valence-corrected chi connectivity index (χ2v) is 17.9. The largest absolute Gasteiger partial charge is 0.497 e. The average Bonchev–Trinajstić information content (AvgIpc) is 2.96. The van der Waals surface area contributed by atoms with Crippen molar-refractivity contribution in [3.05, 3.63) is 47.5 Å². The van der Waals surface area contributed by atoms with Crippen LogP contribution in [0.5, 0.6) is 23.0 Å². The van der Waals surface area contributed by atoms with Crippen LogP contribution in [0, 0.1) is 23.8 Å². The van der Waals surface area contributed by atoms with Crippen molar-refractivity contribution < 1.29 is 18.9 Å². The standard InChI is InChI=1S/C20H32O2Si.C17H24O2/c1-20(2,12-10-8-9-11-13-23(5,6)7)17-14-18(21-3)16-19(15-17)22-4;1-6-7-8-9-10-17(2,3)14-11-15(18-4)13-16(12-14)19-5/h14-16H,8-10,12H2,1-7H3;1,11-13H,7-10H2,2-5H3. The van der Waals surface area contributed by atoms with Crippen molar-refractivity contribution in [3.8, 4) is 46.8 Å². The molecular weight excluding hydrogens is 536 g/mol. The van der Waals surface area contributed by atoms with Crippen molar-refractivity contribution in [2.45, 2.75) is 110 Å². The number of methoxy groups -OCH3 is 4. The fraction of sp³-hybridized carbons (Fsp3) is 0.568. The Morgan fingerprint density at radius 3 is 1.26 bits per heavy atom. The van der Waals surface area contributed by atoms with Crippen LogP contribution >= 0.6 is 0 Å². The van der Waals surface area contributed by atoms with Crippen molar-refractivity contribution in [1.82, 2.24) is 0 Å². The molecule has 0 heterocycles. The summed E-state index contributed by atoms with van der Waals surface area (Å²) in [6.45, 7) is 15.9. The third-order valence-electron chi connectivity index (χ3n) is 7.46. The van der Waals surface area contributed by atoms with E-state index in [1.807, 2.05) is 12.1 Å². The van der Waals surface area contributed by atoms with Gasteiger partial charge in [0.1, 0.15) is 31.1 Å². The number of terminal acetylenes is 1. The summed E-state index contributed by atoms with van der Waals surface area (Å²) >= 11 is 0. The summed E-state index contributed by atoms with van der Waals surface area (Å²) in [5, 5.41) is 0. The summed E-state index contributed by atoms with van der Waals surface area (Å²) in [6.07, 6.45) is 14.0. The molecule has 0 N–H and O–H groups in total. The fourth-order valence-corrected chi connectivity index (χ4v) is 5.24. The molecule has 2 aromatic carbocycles. The quantitative estimate of drug-likeness (QED) is 0.124. The van der Waals surface area contributed by atoms with Gasteiger partial charge < -0.3 is 18.9 Å².